The number of aromatic nitrogens is 5. The molecule has 2 aliphatic rings. The van der Waals surface area contributed by atoms with Crippen molar-refractivity contribution >= 4 is 0 Å². The minimum absolute atomic E-state index is 0.642. The van der Waals surface area contributed by atoms with Crippen LogP contribution in [-0.2, 0) is 5.41 Å². The number of rotatable bonds is 6. The molecular weight excluding hydrogens is 759 g/mol. The molecule has 1 spiro atoms. The van der Waals surface area contributed by atoms with E-state index in [0.717, 1.165) is 84.6 Å². The van der Waals surface area contributed by atoms with Gasteiger partial charge in [0.15, 0.2) is 5.82 Å². The van der Waals surface area contributed by atoms with E-state index in [1.54, 1.807) is 12.4 Å². The lowest BCUT2D eigenvalue weighted by molar-refractivity contribution is 0.436. The van der Waals surface area contributed by atoms with Crippen molar-refractivity contribution in [3.63, 3.8) is 0 Å². The van der Waals surface area contributed by atoms with E-state index in [2.05, 4.69) is 137 Å². The Bertz CT molecular complexity index is 2980. The Kier molecular flexibility index (Phi) is 8.28. The zero-order valence-electron chi connectivity index (χ0n) is 33.4. The fourth-order valence-electron chi connectivity index (χ4n) is 9.30. The number of nitrogens with zero attached hydrogens (tertiary/aromatic N) is 5. The second-order valence-corrected chi connectivity index (χ2v) is 15.6. The van der Waals surface area contributed by atoms with Crippen LogP contribution in [0, 0.1) is 0 Å². The van der Waals surface area contributed by atoms with Crippen molar-refractivity contribution in [2.45, 2.75) is 5.41 Å². The number of hydrogen-bond donors (Lipinski definition) is 0. The average molecular weight is 794 g/mol. The van der Waals surface area contributed by atoms with Crippen LogP contribution >= 0.6 is 0 Å². The minimum Gasteiger partial charge on any atom is -0.457 e. The first-order chi connectivity index (χ1) is 30.7. The molecule has 10 aromatic rings. The van der Waals surface area contributed by atoms with E-state index in [-0.39, 0.29) is 0 Å². The Morgan fingerprint density at radius 3 is 1.32 bits per heavy atom. The van der Waals surface area contributed by atoms with Gasteiger partial charge in [-0.1, -0.05) is 127 Å². The molecule has 1 aliphatic carbocycles. The zero-order chi connectivity index (χ0) is 41.0. The quantitative estimate of drug-likeness (QED) is 0.167. The molecule has 0 radical (unpaired) electrons. The van der Waals surface area contributed by atoms with E-state index < -0.39 is 5.41 Å². The van der Waals surface area contributed by atoms with Gasteiger partial charge in [-0.2, -0.15) is 0 Å². The van der Waals surface area contributed by atoms with Crippen LogP contribution in [0.2, 0.25) is 0 Å². The number of hydrogen-bond acceptors (Lipinski definition) is 6. The van der Waals surface area contributed by atoms with Crippen LogP contribution in [0.25, 0.3) is 78.9 Å². The van der Waals surface area contributed by atoms with Crippen molar-refractivity contribution < 1.29 is 4.74 Å². The topological polar surface area (TPSA) is 73.7 Å². The van der Waals surface area contributed by atoms with Gasteiger partial charge in [0.25, 0.3) is 0 Å². The van der Waals surface area contributed by atoms with Gasteiger partial charge in [-0.25, -0.2) is 15.0 Å². The molecule has 12 rings (SSSR count). The third-order valence-electron chi connectivity index (χ3n) is 12.1. The van der Waals surface area contributed by atoms with Crippen molar-refractivity contribution in [2.75, 3.05) is 0 Å². The van der Waals surface area contributed by atoms with E-state index >= 15 is 0 Å². The van der Waals surface area contributed by atoms with E-state index in [1.807, 2.05) is 72.8 Å². The lowest BCUT2D eigenvalue weighted by Crippen LogP contribution is -2.32. The maximum Gasteiger partial charge on any atom is 0.160 e. The summed E-state index contributed by atoms with van der Waals surface area (Å²) in [4.78, 5) is 24.9. The molecule has 0 saturated heterocycles. The highest BCUT2D eigenvalue weighted by Crippen LogP contribution is 2.62. The zero-order valence-corrected chi connectivity index (χ0v) is 33.4. The Balaban J connectivity index is 1.10. The van der Waals surface area contributed by atoms with Crippen LogP contribution in [0.3, 0.4) is 0 Å². The van der Waals surface area contributed by atoms with Crippen molar-refractivity contribution in [2.24, 2.45) is 0 Å². The molecule has 5 heterocycles. The molecule has 290 valence electrons. The van der Waals surface area contributed by atoms with Crippen LogP contribution in [0.1, 0.15) is 22.3 Å². The molecule has 0 bridgehead atoms. The summed E-state index contributed by atoms with van der Waals surface area (Å²) in [5.74, 6) is 2.24. The van der Waals surface area contributed by atoms with E-state index in [0.29, 0.717) is 5.82 Å². The molecule has 0 unspecified atom stereocenters. The maximum absolute atomic E-state index is 6.98. The fourth-order valence-corrected chi connectivity index (χ4v) is 9.30. The van der Waals surface area contributed by atoms with Crippen LogP contribution in [0.4, 0.5) is 0 Å². The van der Waals surface area contributed by atoms with Gasteiger partial charge in [-0.3, -0.25) is 9.97 Å². The lowest BCUT2D eigenvalue weighted by Gasteiger charge is -2.40. The fraction of sp³-hybridized carbons (Fsp3) is 0.0179. The highest BCUT2D eigenvalue weighted by molar-refractivity contribution is 5.90. The van der Waals surface area contributed by atoms with Crippen LogP contribution < -0.4 is 4.74 Å². The predicted molar refractivity (Wildman–Crippen MR) is 245 cm³/mol. The Morgan fingerprint density at radius 2 is 0.790 bits per heavy atom. The number of pyridine rings is 3. The molecule has 0 atom stereocenters. The third-order valence-corrected chi connectivity index (χ3v) is 12.1. The van der Waals surface area contributed by atoms with Crippen LogP contribution in [-0.4, -0.2) is 24.9 Å². The minimum atomic E-state index is -0.734. The first-order valence-electron chi connectivity index (χ1n) is 20.7. The summed E-state index contributed by atoms with van der Waals surface area (Å²) in [6.45, 7) is 0. The van der Waals surface area contributed by atoms with Gasteiger partial charge < -0.3 is 4.74 Å². The van der Waals surface area contributed by atoms with Gasteiger partial charge in [0, 0.05) is 40.2 Å². The van der Waals surface area contributed by atoms with Gasteiger partial charge in [0.1, 0.15) is 11.5 Å². The van der Waals surface area contributed by atoms with E-state index in [4.69, 9.17) is 19.7 Å². The monoisotopic (exact) mass is 793 g/mol. The van der Waals surface area contributed by atoms with Crippen molar-refractivity contribution in [3.8, 4) is 90.4 Å². The number of ether oxygens (including phenoxy) is 1. The molecule has 0 fully saturated rings. The summed E-state index contributed by atoms with van der Waals surface area (Å²) < 4.78 is 6.98. The molecule has 1 aliphatic heterocycles. The normalized spacial score (nSPS) is 12.8. The summed E-state index contributed by atoms with van der Waals surface area (Å²) in [6, 6.07) is 69.4. The van der Waals surface area contributed by atoms with Crippen LogP contribution in [0.15, 0.2) is 213 Å². The molecule has 6 aromatic carbocycles. The summed E-state index contributed by atoms with van der Waals surface area (Å²) >= 11 is 0. The van der Waals surface area contributed by atoms with Gasteiger partial charge in [0.05, 0.1) is 39.6 Å². The molecule has 4 aromatic heterocycles. The predicted octanol–water partition coefficient (Wildman–Crippen LogP) is 13.1. The molecule has 0 amide bonds. The highest BCUT2D eigenvalue weighted by Gasteiger charge is 2.51. The number of fused-ring (bicyclic) bond motifs is 9. The maximum atomic E-state index is 6.98. The van der Waals surface area contributed by atoms with Crippen molar-refractivity contribution in [1.82, 2.24) is 24.9 Å². The van der Waals surface area contributed by atoms with Crippen molar-refractivity contribution in [3.05, 3.63) is 235 Å². The smallest absolute Gasteiger partial charge is 0.160 e. The summed E-state index contributed by atoms with van der Waals surface area (Å²) in [5, 5.41) is 0. The highest BCUT2D eigenvalue weighted by atomic mass is 16.5. The molecule has 6 heteroatoms. The Hall–Kier alpha value is -8.35. The van der Waals surface area contributed by atoms with E-state index in [1.165, 1.54) is 22.3 Å². The summed E-state index contributed by atoms with van der Waals surface area (Å²) in [7, 11) is 0. The second kappa shape index (κ2) is 14.4. The number of benzene rings is 6. The second-order valence-electron chi connectivity index (χ2n) is 15.6. The standard InChI is InChI=1S/C56H35N5O/c1-3-15-36(16-4-1)49-35-50(37-17-5-2-6-18-37)61-55(60-49)39-26-28-54-46(32-39)56(43-21-9-7-19-41(43)42-20-8-10-22-44(42)56)45-31-38(25-27-53(45)62-54)40-33-51(47-23-11-13-29-57-47)59-52(34-40)48-24-12-14-30-58-48/h1-35H. The van der Waals surface area contributed by atoms with E-state index in [9.17, 15) is 0 Å². The van der Waals surface area contributed by atoms with Gasteiger partial charge in [-0.15, -0.1) is 0 Å². The first-order valence-corrected chi connectivity index (χ1v) is 20.7. The molecule has 6 nitrogen and oxygen atoms in total. The van der Waals surface area contributed by atoms with Crippen molar-refractivity contribution in [1.29, 1.82) is 0 Å². The lowest BCUT2D eigenvalue weighted by atomic mass is 9.65. The van der Waals surface area contributed by atoms with Crippen LogP contribution in [0.5, 0.6) is 11.5 Å². The van der Waals surface area contributed by atoms with Gasteiger partial charge >= 0.3 is 0 Å². The Morgan fingerprint density at radius 1 is 0.306 bits per heavy atom. The Labute approximate surface area is 359 Å². The SMILES string of the molecule is c1ccc(-c2cc(-c3ccccc3)nc(-c3ccc4c(c3)C3(c5cc(-c6cc(-c7ccccn7)nc(-c7ccccn7)c6)ccc5O4)c4ccccc4-c4ccccc43)n2)cc1. The first kappa shape index (κ1) is 35.6. The molecular formula is C56H35N5O. The molecule has 62 heavy (non-hydrogen) atoms. The largest absolute Gasteiger partial charge is 0.457 e. The molecule has 0 N–H and O–H groups in total. The van der Waals surface area contributed by atoms with Gasteiger partial charge in [-0.05, 0) is 106 Å². The summed E-state index contributed by atoms with van der Waals surface area (Å²) in [6.07, 6.45) is 3.60. The van der Waals surface area contributed by atoms with Gasteiger partial charge in [0.2, 0.25) is 0 Å². The summed E-state index contributed by atoms with van der Waals surface area (Å²) in [5.41, 5.74) is 16.0. The third kappa shape index (κ3) is 5.76. The average Bonchev–Trinajstić information content (AvgIpc) is 3.65. The molecule has 0 saturated carbocycles.